The second kappa shape index (κ2) is 6.20. The van der Waals surface area contributed by atoms with Crippen LogP contribution in [-0.4, -0.2) is 45.3 Å². The number of pyridine rings is 1. The van der Waals surface area contributed by atoms with Gasteiger partial charge >= 0.3 is 0 Å². The number of likely N-dealkylation sites (tertiary alicyclic amines) is 1. The first-order valence-corrected chi connectivity index (χ1v) is 7.51. The van der Waals surface area contributed by atoms with E-state index in [1.165, 1.54) is 6.20 Å². The van der Waals surface area contributed by atoms with Gasteiger partial charge in [0.15, 0.2) is 0 Å². The molecule has 1 aliphatic rings. The molecule has 0 spiro atoms. The number of aromatic amines is 1. The van der Waals surface area contributed by atoms with E-state index in [0.717, 1.165) is 5.56 Å². The van der Waals surface area contributed by atoms with Crippen LogP contribution in [0.15, 0.2) is 30.7 Å². The van der Waals surface area contributed by atoms with E-state index < -0.39 is 0 Å². The van der Waals surface area contributed by atoms with Gasteiger partial charge < -0.3 is 15.2 Å². The third-order valence-corrected chi connectivity index (χ3v) is 4.21. The zero-order chi connectivity index (χ0) is 16.4. The highest BCUT2D eigenvalue weighted by atomic mass is 16.2. The highest BCUT2D eigenvalue weighted by Crippen LogP contribution is 2.36. The summed E-state index contributed by atoms with van der Waals surface area (Å²) in [6.45, 7) is 2.22. The van der Waals surface area contributed by atoms with Gasteiger partial charge in [-0.2, -0.15) is 0 Å². The van der Waals surface area contributed by atoms with Crippen molar-refractivity contribution in [1.29, 1.82) is 0 Å². The van der Waals surface area contributed by atoms with Gasteiger partial charge in [-0.3, -0.25) is 14.6 Å². The maximum atomic E-state index is 12.1. The van der Waals surface area contributed by atoms with Gasteiger partial charge in [0.2, 0.25) is 5.91 Å². The second-order valence-electron chi connectivity index (χ2n) is 5.79. The number of nitrogens with one attached hydrogen (secondary N) is 2. The van der Waals surface area contributed by atoms with E-state index >= 15 is 0 Å². The monoisotopic (exact) mass is 313 g/mol. The molecule has 23 heavy (non-hydrogen) atoms. The molecule has 2 N–H and O–H groups in total. The van der Waals surface area contributed by atoms with Crippen LogP contribution >= 0.6 is 0 Å². The molecular weight excluding hydrogens is 294 g/mol. The van der Waals surface area contributed by atoms with Crippen molar-refractivity contribution in [3.8, 4) is 0 Å². The molecule has 1 saturated heterocycles. The summed E-state index contributed by atoms with van der Waals surface area (Å²) >= 11 is 0. The van der Waals surface area contributed by atoms with Gasteiger partial charge in [-0.25, -0.2) is 4.98 Å². The summed E-state index contributed by atoms with van der Waals surface area (Å²) in [6, 6.07) is 3.77. The van der Waals surface area contributed by atoms with Gasteiger partial charge in [0.25, 0.3) is 5.91 Å². The Morgan fingerprint density at radius 2 is 2.17 bits per heavy atom. The van der Waals surface area contributed by atoms with Crippen LogP contribution in [0.1, 0.15) is 34.3 Å². The van der Waals surface area contributed by atoms with Crippen LogP contribution in [0.4, 0.5) is 0 Å². The van der Waals surface area contributed by atoms with E-state index in [-0.39, 0.29) is 23.8 Å². The molecule has 0 unspecified atom stereocenters. The topological polar surface area (TPSA) is 91.0 Å². The molecule has 0 saturated carbocycles. The molecule has 2 amide bonds. The average Bonchev–Trinajstić information content (AvgIpc) is 3.10. The van der Waals surface area contributed by atoms with E-state index in [9.17, 15) is 9.59 Å². The molecule has 7 nitrogen and oxygen atoms in total. The van der Waals surface area contributed by atoms with Gasteiger partial charge in [0.1, 0.15) is 11.5 Å². The van der Waals surface area contributed by atoms with Crippen molar-refractivity contribution in [2.24, 2.45) is 5.92 Å². The second-order valence-corrected chi connectivity index (χ2v) is 5.79. The van der Waals surface area contributed by atoms with Crippen LogP contribution in [0, 0.1) is 12.8 Å². The normalized spacial score (nSPS) is 20.8. The molecule has 0 aromatic carbocycles. The first-order valence-electron chi connectivity index (χ1n) is 7.51. The van der Waals surface area contributed by atoms with Crippen LogP contribution in [0.25, 0.3) is 0 Å². The fourth-order valence-electron chi connectivity index (χ4n) is 3.05. The number of hydrogen-bond donors (Lipinski definition) is 2. The van der Waals surface area contributed by atoms with Crippen LogP contribution < -0.4 is 5.32 Å². The van der Waals surface area contributed by atoms with Crippen LogP contribution in [0.5, 0.6) is 0 Å². The first-order chi connectivity index (χ1) is 11.1. The lowest BCUT2D eigenvalue weighted by molar-refractivity contribution is -0.127. The van der Waals surface area contributed by atoms with E-state index in [1.807, 2.05) is 12.1 Å². The number of amides is 2. The maximum Gasteiger partial charge on any atom is 0.269 e. The maximum absolute atomic E-state index is 12.1. The van der Waals surface area contributed by atoms with E-state index in [2.05, 4.69) is 20.3 Å². The number of aromatic nitrogens is 3. The molecule has 3 rings (SSSR count). The Morgan fingerprint density at radius 3 is 2.83 bits per heavy atom. The van der Waals surface area contributed by atoms with Crippen LogP contribution in [-0.2, 0) is 4.79 Å². The lowest BCUT2D eigenvalue weighted by Gasteiger charge is -2.25. The van der Waals surface area contributed by atoms with Crippen LogP contribution in [0.3, 0.4) is 0 Å². The van der Waals surface area contributed by atoms with Crippen molar-refractivity contribution in [3.63, 3.8) is 0 Å². The number of imidazole rings is 1. The minimum atomic E-state index is -0.207. The number of carbonyl (C=O) groups excluding carboxylic acids is 2. The Labute approximate surface area is 134 Å². The van der Waals surface area contributed by atoms with Crippen molar-refractivity contribution in [2.45, 2.75) is 19.4 Å². The lowest BCUT2D eigenvalue weighted by Crippen LogP contribution is -2.32. The van der Waals surface area contributed by atoms with E-state index in [1.54, 1.807) is 31.3 Å². The molecule has 1 fully saturated rings. The highest BCUT2D eigenvalue weighted by molar-refractivity contribution is 5.92. The number of nitrogens with zero attached hydrogens (tertiary/aromatic N) is 3. The minimum absolute atomic E-state index is 0.0304. The molecule has 7 heteroatoms. The van der Waals surface area contributed by atoms with Crippen molar-refractivity contribution in [3.05, 3.63) is 47.8 Å². The van der Waals surface area contributed by atoms with Crippen LogP contribution in [0.2, 0.25) is 0 Å². The summed E-state index contributed by atoms with van der Waals surface area (Å²) in [6.07, 6.45) is 5.37. The number of rotatable bonds is 4. The smallest absolute Gasteiger partial charge is 0.269 e. The molecule has 0 bridgehead atoms. The third-order valence-electron chi connectivity index (χ3n) is 4.21. The summed E-state index contributed by atoms with van der Waals surface area (Å²) in [5, 5.41) is 2.89. The average molecular weight is 313 g/mol. The SMILES string of the molecule is Cc1ncc(C(=O)NC[C@@H]2CC(=O)N(C)[C@H]2c2ccncc2)[nH]1. The summed E-state index contributed by atoms with van der Waals surface area (Å²) < 4.78 is 0. The minimum Gasteiger partial charge on any atom is -0.350 e. The predicted octanol–water partition coefficient (Wildman–Crippen LogP) is 1.06. The molecule has 1 aliphatic heterocycles. The Bertz CT molecular complexity index is 712. The van der Waals surface area contributed by atoms with Gasteiger partial charge in [0, 0.05) is 38.3 Å². The van der Waals surface area contributed by atoms with Crippen molar-refractivity contribution < 1.29 is 9.59 Å². The van der Waals surface area contributed by atoms with E-state index in [0.29, 0.717) is 24.5 Å². The molecule has 0 aliphatic carbocycles. The largest absolute Gasteiger partial charge is 0.350 e. The van der Waals surface area contributed by atoms with Gasteiger partial charge in [-0.05, 0) is 24.6 Å². The predicted molar refractivity (Wildman–Crippen MR) is 83.5 cm³/mol. The number of hydrogen-bond acceptors (Lipinski definition) is 4. The Morgan fingerprint density at radius 1 is 1.43 bits per heavy atom. The summed E-state index contributed by atoms with van der Waals surface area (Å²) in [7, 11) is 1.80. The van der Waals surface area contributed by atoms with Crippen molar-refractivity contribution in [1.82, 2.24) is 25.2 Å². The molecule has 2 aromatic rings. The summed E-state index contributed by atoms with van der Waals surface area (Å²) in [4.78, 5) is 36.9. The molecular formula is C16H19N5O2. The molecule has 2 aromatic heterocycles. The van der Waals surface area contributed by atoms with Crippen molar-refractivity contribution >= 4 is 11.8 Å². The van der Waals surface area contributed by atoms with Gasteiger partial charge in [-0.1, -0.05) is 0 Å². The highest BCUT2D eigenvalue weighted by Gasteiger charge is 2.38. The Balaban J connectivity index is 1.70. The third kappa shape index (κ3) is 3.08. The Kier molecular flexibility index (Phi) is 4.10. The van der Waals surface area contributed by atoms with Gasteiger partial charge in [0.05, 0.1) is 12.2 Å². The lowest BCUT2D eigenvalue weighted by atomic mass is 9.94. The number of aryl methyl sites for hydroxylation is 1. The van der Waals surface area contributed by atoms with Gasteiger partial charge in [-0.15, -0.1) is 0 Å². The summed E-state index contributed by atoms with van der Waals surface area (Å²) in [5.74, 6) is 0.605. The summed E-state index contributed by atoms with van der Waals surface area (Å²) in [5.41, 5.74) is 1.46. The molecule has 0 radical (unpaired) electrons. The Hall–Kier alpha value is -2.70. The zero-order valence-corrected chi connectivity index (χ0v) is 13.1. The fraction of sp³-hybridized carbons (Fsp3) is 0.375. The van der Waals surface area contributed by atoms with Crippen molar-refractivity contribution in [2.75, 3.05) is 13.6 Å². The van der Waals surface area contributed by atoms with E-state index in [4.69, 9.17) is 0 Å². The quantitative estimate of drug-likeness (QED) is 0.883. The standard InChI is InChI=1S/C16H19N5O2/c1-10-18-9-13(20-10)16(23)19-8-12-7-14(22)21(2)15(12)11-3-5-17-6-4-11/h3-6,9,12,15H,7-8H2,1-2H3,(H,18,20)(H,19,23)/t12-,15-/m0/s1. The first kappa shape index (κ1) is 15.2. The molecule has 2 atom stereocenters. The fourth-order valence-corrected chi connectivity index (χ4v) is 3.05. The number of carbonyl (C=O) groups is 2. The molecule has 3 heterocycles. The zero-order valence-electron chi connectivity index (χ0n) is 13.1. The molecule has 120 valence electrons. The number of H-pyrrole nitrogens is 1.